The molecule has 1 aliphatic carbocycles. The van der Waals surface area contributed by atoms with Crippen molar-refractivity contribution in [3.8, 4) is 0 Å². The first-order valence-corrected chi connectivity index (χ1v) is 8.30. The first-order chi connectivity index (χ1) is 9.33. The molecule has 0 amide bonds. The Labute approximate surface area is 124 Å². The zero-order valence-electron chi connectivity index (χ0n) is 11.5. The third-order valence-electron chi connectivity index (χ3n) is 3.69. The maximum absolute atomic E-state index is 12.4. The molecule has 1 saturated carbocycles. The normalized spacial score (nSPS) is 23.1. The van der Waals surface area contributed by atoms with Crippen LogP contribution in [0, 0.1) is 6.92 Å². The Kier molecular flexibility index (Phi) is 4.59. The van der Waals surface area contributed by atoms with E-state index in [-0.39, 0.29) is 17.0 Å². The molecule has 1 aromatic rings. The smallest absolute Gasteiger partial charge is 0.241 e. The van der Waals surface area contributed by atoms with Crippen LogP contribution in [0.1, 0.15) is 24.8 Å². The number of rotatable bonds is 4. The molecule has 0 saturated heterocycles. The van der Waals surface area contributed by atoms with Gasteiger partial charge in [-0.3, -0.25) is 0 Å². The topological polar surface area (TPSA) is 81.4 Å². The minimum absolute atomic E-state index is 0.107. The van der Waals surface area contributed by atoms with E-state index in [2.05, 4.69) is 4.72 Å². The van der Waals surface area contributed by atoms with E-state index in [1.807, 2.05) is 0 Å². The largest absolute Gasteiger partial charge is 0.398 e. The number of benzene rings is 1. The summed E-state index contributed by atoms with van der Waals surface area (Å²) >= 11 is 5.90. The predicted molar refractivity (Wildman–Crippen MR) is 79.4 cm³/mol. The Morgan fingerprint density at radius 2 is 2.10 bits per heavy atom. The number of hydrogen-bond acceptors (Lipinski definition) is 4. The molecule has 2 unspecified atom stereocenters. The van der Waals surface area contributed by atoms with E-state index in [1.165, 1.54) is 6.07 Å². The van der Waals surface area contributed by atoms with Crippen molar-refractivity contribution in [1.82, 2.24) is 4.72 Å². The van der Waals surface area contributed by atoms with Crippen molar-refractivity contribution in [2.75, 3.05) is 12.8 Å². The van der Waals surface area contributed by atoms with Crippen LogP contribution in [0.2, 0.25) is 5.02 Å². The number of methoxy groups -OCH3 is 1. The molecular weight excluding hydrogens is 300 g/mol. The zero-order valence-corrected chi connectivity index (χ0v) is 13.1. The monoisotopic (exact) mass is 318 g/mol. The zero-order chi connectivity index (χ0) is 14.9. The molecule has 1 fully saturated rings. The van der Waals surface area contributed by atoms with Gasteiger partial charge in [0.25, 0.3) is 0 Å². The molecule has 1 aromatic carbocycles. The highest BCUT2D eigenvalue weighted by Gasteiger charge is 2.29. The number of nitrogens with one attached hydrogen (secondary N) is 1. The van der Waals surface area contributed by atoms with E-state index >= 15 is 0 Å². The van der Waals surface area contributed by atoms with E-state index in [0.717, 1.165) is 12.8 Å². The van der Waals surface area contributed by atoms with Crippen molar-refractivity contribution in [3.05, 3.63) is 22.7 Å². The summed E-state index contributed by atoms with van der Waals surface area (Å²) in [5.41, 5.74) is 6.66. The summed E-state index contributed by atoms with van der Waals surface area (Å²) in [5.74, 6) is 0. The Hall–Kier alpha value is -0.820. The molecule has 5 nitrogen and oxygen atoms in total. The van der Waals surface area contributed by atoms with Crippen LogP contribution in [0.3, 0.4) is 0 Å². The average molecular weight is 319 g/mol. The summed E-state index contributed by atoms with van der Waals surface area (Å²) in [6, 6.07) is 2.87. The SMILES string of the molecule is COC1CCC(NS(=O)(=O)c2cc(Cl)cc(N)c2C)C1. The summed E-state index contributed by atoms with van der Waals surface area (Å²) in [6.07, 6.45) is 2.44. The number of ether oxygens (including phenoxy) is 1. The predicted octanol–water partition coefficient (Wildman–Crippen LogP) is 2.08. The summed E-state index contributed by atoms with van der Waals surface area (Å²) in [7, 11) is -1.98. The lowest BCUT2D eigenvalue weighted by atomic mass is 10.2. The molecule has 112 valence electrons. The quantitative estimate of drug-likeness (QED) is 0.833. The Morgan fingerprint density at radius 3 is 2.70 bits per heavy atom. The molecule has 0 bridgehead atoms. The minimum Gasteiger partial charge on any atom is -0.398 e. The van der Waals surface area contributed by atoms with Crippen molar-refractivity contribution in [3.63, 3.8) is 0 Å². The molecule has 0 aliphatic heterocycles. The van der Waals surface area contributed by atoms with Crippen LogP contribution in [0.15, 0.2) is 17.0 Å². The third-order valence-corrected chi connectivity index (χ3v) is 5.56. The van der Waals surface area contributed by atoms with Crippen molar-refractivity contribution in [1.29, 1.82) is 0 Å². The van der Waals surface area contributed by atoms with Crippen LogP contribution in [0.25, 0.3) is 0 Å². The summed E-state index contributed by atoms with van der Waals surface area (Å²) in [5, 5.41) is 0.315. The molecule has 7 heteroatoms. The molecule has 1 aliphatic rings. The van der Waals surface area contributed by atoms with E-state index in [4.69, 9.17) is 22.1 Å². The fourth-order valence-corrected chi connectivity index (χ4v) is 4.37. The summed E-state index contributed by atoms with van der Waals surface area (Å²) in [4.78, 5) is 0.142. The van der Waals surface area contributed by atoms with Gasteiger partial charge >= 0.3 is 0 Å². The van der Waals surface area contributed by atoms with Gasteiger partial charge in [0, 0.05) is 23.9 Å². The van der Waals surface area contributed by atoms with Gasteiger partial charge < -0.3 is 10.5 Å². The van der Waals surface area contributed by atoms with Gasteiger partial charge in [0.1, 0.15) is 0 Å². The van der Waals surface area contributed by atoms with Gasteiger partial charge in [-0.2, -0.15) is 0 Å². The maximum atomic E-state index is 12.4. The van der Waals surface area contributed by atoms with Gasteiger partial charge in [0.05, 0.1) is 11.0 Å². The van der Waals surface area contributed by atoms with Crippen LogP contribution in [-0.2, 0) is 14.8 Å². The molecule has 20 heavy (non-hydrogen) atoms. The Bertz CT molecular complexity index is 604. The number of sulfonamides is 1. The Balaban J connectivity index is 2.23. The molecular formula is C13H19ClN2O3S. The molecule has 0 radical (unpaired) electrons. The van der Waals surface area contributed by atoms with E-state index in [9.17, 15) is 8.42 Å². The summed E-state index contributed by atoms with van der Waals surface area (Å²) in [6.45, 7) is 1.67. The van der Waals surface area contributed by atoms with E-state index in [0.29, 0.717) is 22.7 Å². The van der Waals surface area contributed by atoms with Gasteiger partial charge in [-0.15, -0.1) is 0 Å². The highest BCUT2D eigenvalue weighted by Crippen LogP contribution is 2.28. The number of nitrogen functional groups attached to an aromatic ring is 1. The minimum atomic E-state index is -3.62. The van der Waals surface area contributed by atoms with Crippen LogP contribution in [0.5, 0.6) is 0 Å². The fourth-order valence-electron chi connectivity index (χ4n) is 2.50. The lowest BCUT2D eigenvalue weighted by Crippen LogP contribution is -2.34. The third kappa shape index (κ3) is 3.25. The standard InChI is InChI=1S/C13H19ClN2O3S/c1-8-12(15)5-9(14)6-13(8)20(17,18)16-10-3-4-11(7-10)19-2/h5-6,10-11,16H,3-4,7,15H2,1-2H3. The van der Waals surface area contributed by atoms with Crippen LogP contribution in [0.4, 0.5) is 5.69 Å². The molecule has 0 aromatic heterocycles. The lowest BCUT2D eigenvalue weighted by Gasteiger charge is -2.16. The second kappa shape index (κ2) is 5.89. The van der Waals surface area contributed by atoms with Crippen LogP contribution in [-0.4, -0.2) is 27.7 Å². The fraction of sp³-hybridized carbons (Fsp3) is 0.538. The molecule has 2 atom stereocenters. The molecule has 0 spiro atoms. The van der Waals surface area contributed by atoms with Gasteiger partial charge in [-0.05, 0) is 43.9 Å². The maximum Gasteiger partial charge on any atom is 0.241 e. The van der Waals surface area contributed by atoms with Gasteiger partial charge in [0.2, 0.25) is 10.0 Å². The van der Waals surface area contributed by atoms with Crippen LogP contribution < -0.4 is 10.5 Å². The summed E-state index contributed by atoms with van der Waals surface area (Å²) < 4.78 is 32.8. The molecule has 3 N–H and O–H groups in total. The number of anilines is 1. The first-order valence-electron chi connectivity index (χ1n) is 6.44. The second-order valence-electron chi connectivity index (χ2n) is 5.11. The van der Waals surface area contributed by atoms with Crippen molar-refractivity contribution >= 4 is 27.3 Å². The number of hydrogen-bond donors (Lipinski definition) is 2. The first kappa shape index (κ1) is 15.6. The highest BCUT2D eigenvalue weighted by atomic mass is 35.5. The van der Waals surface area contributed by atoms with Crippen molar-refractivity contribution in [2.24, 2.45) is 0 Å². The number of halogens is 1. The Morgan fingerprint density at radius 1 is 1.40 bits per heavy atom. The average Bonchev–Trinajstić information content (AvgIpc) is 2.80. The van der Waals surface area contributed by atoms with Crippen molar-refractivity contribution in [2.45, 2.75) is 43.2 Å². The molecule has 0 heterocycles. The molecule has 2 rings (SSSR count). The van der Waals surface area contributed by atoms with E-state index in [1.54, 1.807) is 20.1 Å². The van der Waals surface area contributed by atoms with Gasteiger partial charge in [-0.1, -0.05) is 11.6 Å². The highest BCUT2D eigenvalue weighted by molar-refractivity contribution is 7.89. The van der Waals surface area contributed by atoms with Gasteiger partial charge in [-0.25, -0.2) is 13.1 Å². The second-order valence-corrected chi connectivity index (χ2v) is 7.23. The van der Waals surface area contributed by atoms with Crippen LogP contribution >= 0.6 is 11.6 Å². The van der Waals surface area contributed by atoms with E-state index < -0.39 is 10.0 Å². The lowest BCUT2D eigenvalue weighted by molar-refractivity contribution is 0.107. The van der Waals surface area contributed by atoms with Gasteiger partial charge in [0.15, 0.2) is 0 Å². The number of nitrogens with two attached hydrogens (primary N) is 1. The van der Waals surface area contributed by atoms with Crippen molar-refractivity contribution < 1.29 is 13.2 Å².